The van der Waals surface area contributed by atoms with Gasteiger partial charge in [0, 0.05) is 17.1 Å². The number of halogens is 1. The number of carboxylic acids is 1. The van der Waals surface area contributed by atoms with Crippen molar-refractivity contribution in [2.24, 2.45) is 0 Å². The summed E-state index contributed by atoms with van der Waals surface area (Å²) in [5.74, 6) is -0.913. The van der Waals surface area contributed by atoms with Crippen LogP contribution in [-0.2, 0) is 4.79 Å². The van der Waals surface area contributed by atoms with E-state index >= 15 is 0 Å². The fourth-order valence-corrected chi connectivity index (χ4v) is 2.44. The molecular formula is C13H16BrNO2. The van der Waals surface area contributed by atoms with Gasteiger partial charge in [-0.2, -0.15) is 0 Å². The Bertz CT molecular complexity index is 443. The topological polar surface area (TPSA) is 49.3 Å². The van der Waals surface area contributed by atoms with E-state index in [0.29, 0.717) is 6.54 Å². The smallest absolute Gasteiger partial charge is 0.328 e. The Labute approximate surface area is 110 Å². The van der Waals surface area contributed by atoms with Gasteiger partial charge in [-0.1, -0.05) is 6.07 Å². The summed E-state index contributed by atoms with van der Waals surface area (Å²) in [5, 5.41) is 11.8. The largest absolute Gasteiger partial charge is 0.478 e. The first-order chi connectivity index (χ1) is 7.90. The fraction of sp³-hybridized carbons (Fsp3) is 0.308. The lowest BCUT2D eigenvalue weighted by atomic mass is 10.1. The molecule has 1 rings (SSSR count). The molecule has 4 heteroatoms. The molecule has 0 fully saturated rings. The highest BCUT2D eigenvalue weighted by atomic mass is 79.9. The molecular weight excluding hydrogens is 282 g/mol. The number of anilines is 1. The monoisotopic (exact) mass is 297 g/mol. The Morgan fingerprint density at radius 2 is 2.12 bits per heavy atom. The summed E-state index contributed by atoms with van der Waals surface area (Å²) < 4.78 is 0.998. The quantitative estimate of drug-likeness (QED) is 0.836. The lowest BCUT2D eigenvalue weighted by Gasteiger charge is -2.12. The second kappa shape index (κ2) is 5.87. The lowest BCUT2D eigenvalue weighted by molar-refractivity contribution is -0.131. The van der Waals surface area contributed by atoms with Gasteiger partial charge in [-0.25, -0.2) is 4.79 Å². The van der Waals surface area contributed by atoms with Gasteiger partial charge in [-0.15, -0.1) is 0 Å². The summed E-state index contributed by atoms with van der Waals surface area (Å²) in [6.07, 6.45) is 1.21. The van der Waals surface area contributed by atoms with Gasteiger partial charge < -0.3 is 10.4 Å². The standard InChI is InChI=1S/C13H16BrNO2/c1-8-4-10(3)13(11(14)5-8)15-7-9(2)6-12(16)17/h4-6,15H,7H2,1-3H3,(H,16,17). The van der Waals surface area contributed by atoms with Crippen molar-refractivity contribution in [1.82, 2.24) is 0 Å². The number of hydrogen-bond acceptors (Lipinski definition) is 2. The average molecular weight is 298 g/mol. The van der Waals surface area contributed by atoms with E-state index in [0.717, 1.165) is 21.3 Å². The van der Waals surface area contributed by atoms with Crippen molar-refractivity contribution in [2.75, 3.05) is 11.9 Å². The van der Waals surface area contributed by atoms with E-state index < -0.39 is 5.97 Å². The number of aliphatic carboxylic acids is 1. The summed E-state index contributed by atoms with van der Waals surface area (Å²) in [6, 6.07) is 4.12. The minimum absolute atomic E-state index is 0.523. The van der Waals surface area contributed by atoms with Crippen LogP contribution in [0.3, 0.4) is 0 Å². The number of nitrogens with one attached hydrogen (secondary N) is 1. The zero-order valence-corrected chi connectivity index (χ0v) is 11.8. The van der Waals surface area contributed by atoms with Crippen molar-refractivity contribution in [2.45, 2.75) is 20.8 Å². The van der Waals surface area contributed by atoms with Crippen molar-refractivity contribution in [3.05, 3.63) is 39.4 Å². The SMILES string of the molecule is CC(=CC(=O)O)CNc1c(C)cc(C)cc1Br. The van der Waals surface area contributed by atoms with E-state index in [1.54, 1.807) is 6.92 Å². The van der Waals surface area contributed by atoms with Crippen molar-refractivity contribution >= 4 is 27.6 Å². The Morgan fingerprint density at radius 3 is 2.65 bits per heavy atom. The number of carboxylic acid groups (broad SMARTS) is 1. The first-order valence-electron chi connectivity index (χ1n) is 5.31. The van der Waals surface area contributed by atoms with Gasteiger partial charge in [0.25, 0.3) is 0 Å². The number of hydrogen-bond donors (Lipinski definition) is 2. The molecule has 92 valence electrons. The molecule has 0 saturated carbocycles. The zero-order chi connectivity index (χ0) is 13.0. The Hall–Kier alpha value is -1.29. The van der Waals surface area contributed by atoms with Gasteiger partial charge in [-0.3, -0.25) is 0 Å². The van der Waals surface area contributed by atoms with E-state index in [4.69, 9.17) is 5.11 Å². The fourth-order valence-electron chi connectivity index (χ4n) is 1.63. The predicted molar refractivity (Wildman–Crippen MR) is 73.5 cm³/mol. The maximum Gasteiger partial charge on any atom is 0.328 e. The molecule has 0 saturated heterocycles. The second-order valence-corrected chi connectivity index (χ2v) is 4.98. The van der Waals surface area contributed by atoms with E-state index in [-0.39, 0.29) is 0 Å². The van der Waals surface area contributed by atoms with E-state index in [9.17, 15) is 4.79 Å². The Kier molecular flexibility index (Phi) is 4.75. The van der Waals surface area contributed by atoms with Crippen LogP contribution in [0.5, 0.6) is 0 Å². The molecule has 0 aliphatic heterocycles. The molecule has 17 heavy (non-hydrogen) atoms. The van der Waals surface area contributed by atoms with Gasteiger partial charge in [0.15, 0.2) is 0 Å². The van der Waals surface area contributed by atoms with Crippen LogP contribution >= 0.6 is 15.9 Å². The van der Waals surface area contributed by atoms with Gasteiger partial charge in [0.1, 0.15) is 0 Å². The number of benzene rings is 1. The molecule has 3 nitrogen and oxygen atoms in total. The minimum atomic E-state index is -0.913. The van der Waals surface area contributed by atoms with Crippen LogP contribution in [0, 0.1) is 13.8 Å². The third kappa shape index (κ3) is 4.23. The predicted octanol–water partition coefficient (Wildman–Crippen LogP) is 3.51. The van der Waals surface area contributed by atoms with Crippen LogP contribution in [0.4, 0.5) is 5.69 Å². The minimum Gasteiger partial charge on any atom is -0.478 e. The number of rotatable bonds is 4. The third-order valence-electron chi connectivity index (χ3n) is 2.35. The molecule has 0 amide bonds. The molecule has 1 aromatic rings. The van der Waals surface area contributed by atoms with Crippen LogP contribution in [0.25, 0.3) is 0 Å². The first kappa shape index (κ1) is 13.8. The Morgan fingerprint density at radius 1 is 1.47 bits per heavy atom. The molecule has 0 unspecified atom stereocenters. The summed E-state index contributed by atoms with van der Waals surface area (Å²) in [7, 11) is 0. The van der Waals surface area contributed by atoms with Gasteiger partial charge in [0.2, 0.25) is 0 Å². The molecule has 0 aliphatic rings. The summed E-state index contributed by atoms with van der Waals surface area (Å²) in [4.78, 5) is 10.5. The molecule has 0 heterocycles. The van der Waals surface area contributed by atoms with Crippen LogP contribution < -0.4 is 5.32 Å². The van der Waals surface area contributed by atoms with Crippen LogP contribution in [0.2, 0.25) is 0 Å². The zero-order valence-electron chi connectivity index (χ0n) is 10.2. The molecule has 0 aliphatic carbocycles. The third-order valence-corrected chi connectivity index (χ3v) is 2.97. The molecule has 0 aromatic heterocycles. The molecule has 0 atom stereocenters. The summed E-state index contributed by atoms with van der Waals surface area (Å²) in [6.45, 7) is 6.38. The van der Waals surface area contributed by atoms with E-state index in [1.807, 2.05) is 19.9 Å². The first-order valence-corrected chi connectivity index (χ1v) is 6.10. The van der Waals surface area contributed by atoms with Gasteiger partial charge in [-0.05, 0) is 59.5 Å². The summed E-state index contributed by atoms with van der Waals surface area (Å²) >= 11 is 3.50. The van der Waals surface area contributed by atoms with Crippen molar-refractivity contribution < 1.29 is 9.90 Å². The summed E-state index contributed by atoms with van der Waals surface area (Å²) in [5.41, 5.74) is 4.12. The highest BCUT2D eigenvalue weighted by Gasteiger charge is 2.04. The van der Waals surface area contributed by atoms with Crippen molar-refractivity contribution in [1.29, 1.82) is 0 Å². The average Bonchev–Trinajstić information content (AvgIpc) is 2.14. The van der Waals surface area contributed by atoms with E-state index in [2.05, 4.69) is 27.3 Å². The van der Waals surface area contributed by atoms with Gasteiger partial charge in [0.05, 0.1) is 5.69 Å². The molecule has 2 N–H and O–H groups in total. The highest BCUT2D eigenvalue weighted by Crippen LogP contribution is 2.27. The lowest BCUT2D eigenvalue weighted by Crippen LogP contribution is -2.06. The molecule has 1 aromatic carbocycles. The van der Waals surface area contributed by atoms with Crippen molar-refractivity contribution in [3.63, 3.8) is 0 Å². The number of carbonyl (C=O) groups is 1. The molecule has 0 radical (unpaired) electrons. The van der Waals surface area contributed by atoms with Gasteiger partial charge >= 0.3 is 5.97 Å². The van der Waals surface area contributed by atoms with Crippen LogP contribution in [0.1, 0.15) is 18.1 Å². The molecule has 0 spiro atoms. The highest BCUT2D eigenvalue weighted by molar-refractivity contribution is 9.10. The Balaban J connectivity index is 2.80. The van der Waals surface area contributed by atoms with Crippen molar-refractivity contribution in [3.8, 4) is 0 Å². The maximum atomic E-state index is 10.5. The number of aryl methyl sites for hydroxylation is 2. The molecule has 0 bridgehead atoms. The van der Waals surface area contributed by atoms with Crippen LogP contribution in [0.15, 0.2) is 28.3 Å². The normalized spacial score (nSPS) is 11.4. The van der Waals surface area contributed by atoms with Crippen LogP contribution in [-0.4, -0.2) is 17.6 Å². The van der Waals surface area contributed by atoms with E-state index in [1.165, 1.54) is 11.6 Å². The second-order valence-electron chi connectivity index (χ2n) is 4.12. The maximum absolute atomic E-state index is 10.5.